The van der Waals surface area contributed by atoms with Crippen LogP contribution in [0.4, 0.5) is 4.79 Å². The van der Waals surface area contributed by atoms with Gasteiger partial charge in [0.05, 0.1) is 18.1 Å². The van der Waals surface area contributed by atoms with Gasteiger partial charge in [0.15, 0.2) is 0 Å². The SMILES string of the molecule is C=CC(c1ccc2nc(-c3ccc(SC)c(OC)c3)[nH]c2c1)C(C)SC(=O)NC. The van der Waals surface area contributed by atoms with Crippen LogP contribution in [0.5, 0.6) is 5.75 Å². The smallest absolute Gasteiger partial charge is 0.279 e. The highest BCUT2D eigenvalue weighted by Crippen LogP contribution is 2.34. The molecule has 0 fully saturated rings. The molecule has 2 N–H and O–H groups in total. The zero-order chi connectivity index (χ0) is 21.0. The van der Waals surface area contributed by atoms with Crippen molar-refractivity contribution in [2.45, 2.75) is 23.0 Å². The molecular formula is C22H25N3O2S2. The molecule has 0 aliphatic rings. The van der Waals surface area contributed by atoms with Crippen LogP contribution in [-0.2, 0) is 0 Å². The second-order valence-corrected chi connectivity index (χ2v) is 8.75. The third kappa shape index (κ3) is 4.62. The van der Waals surface area contributed by atoms with E-state index >= 15 is 0 Å². The van der Waals surface area contributed by atoms with Crippen LogP contribution in [0.25, 0.3) is 22.4 Å². The van der Waals surface area contributed by atoms with Crippen LogP contribution in [0, 0.1) is 0 Å². The van der Waals surface area contributed by atoms with Crippen molar-refractivity contribution in [2.24, 2.45) is 0 Å². The number of hydrogen-bond donors (Lipinski definition) is 2. The van der Waals surface area contributed by atoms with Gasteiger partial charge in [-0.25, -0.2) is 4.98 Å². The summed E-state index contributed by atoms with van der Waals surface area (Å²) in [5.74, 6) is 1.68. The minimum Gasteiger partial charge on any atom is -0.496 e. The summed E-state index contributed by atoms with van der Waals surface area (Å²) in [6.07, 6.45) is 3.92. The Labute approximate surface area is 179 Å². The highest BCUT2D eigenvalue weighted by Gasteiger charge is 2.20. The summed E-state index contributed by atoms with van der Waals surface area (Å²) in [5.41, 5.74) is 3.92. The van der Waals surface area contributed by atoms with E-state index in [1.165, 1.54) is 11.8 Å². The summed E-state index contributed by atoms with van der Waals surface area (Å²) in [6.45, 7) is 6.01. The van der Waals surface area contributed by atoms with Gasteiger partial charge in [0.25, 0.3) is 5.24 Å². The molecule has 3 aromatic rings. The van der Waals surface area contributed by atoms with E-state index < -0.39 is 0 Å². The standard InChI is InChI=1S/C22H25N3O2S2/c1-6-16(13(2)29-22(26)23-3)14-7-9-17-18(11-14)25-21(24-17)15-8-10-20(28-5)19(12-15)27-4/h6-13,16H,1H2,2-5H3,(H,23,26)(H,24,25). The van der Waals surface area contributed by atoms with Gasteiger partial charge in [-0.05, 0) is 42.2 Å². The molecule has 3 rings (SSSR count). The molecular weight excluding hydrogens is 402 g/mol. The highest BCUT2D eigenvalue weighted by atomic mass is 32.2. The van der Waals surface area contributed by atoms with Crippen molar-refractivity contribution in [3.63, 3.8) is 0 Å². The fourth-order valence-electron chi connectivity index (χ4n) is 3.25. The van der Waals surface area contributed by atoms with Gasteiger partial charge in [-0.2, -0.15) is 0 Å². The molecule has 0 saturated heterocycles. The second kappa shape index (κ2) is 9.41. The quantitative estimate of drug-likeness (QED) is 0.374. The number of aromatic nitrogens is 2. The first kappa shape index (κ1) is 21.3. The molecule has 7 heteroatoms. The number of methoxy groups -OCH3 is 1. The molecule has 0 radical (unpaired) electrons. The Morgan fingerprint density at radius 2 is 2.10 bits per heavy atom. The molecule has 0 saturated carbocycles. The van der Waals surface area contributed by atoms with E-state index in [0.29, 0.717) is 0 Å². The summed E-state index contributed by atoms with van der Waals surface area (Å²) in [7, 11) is 3.32. The summed E-state index contributed by atoms with van der Waals surface area (Å²) < 4.78 is 5.50. The molecule has 5 nitrogen and oxygen atoms in total. The minimum atomic E-state index is -0.0445. The first-order valence-corrected chi connectivity index (χ1v) is 11.3. The van der Waals surface area contributed by atoms with Crippen molar-refractivity contribution >= 4 is 39.8 Å². The van der Waals surface area contributed by atoms with Gasteiger partial charge in [0.2, 0.25) is 0 Å². The summed E-state index contributed by atoms with van der Waals surface area (Å²) in [4.78, 5) is 21.0. The van der Waals surface area contributed by atoms with Crippen LogP contribution in [0.3, 0.4) is 0 Å². The number of rotatable bonds is 7. The molecule has 1 amide bonds. The zero-order valence-corrected chi connectivity index (χ0v) is 18.6. The Morgan fingerprint density at radius 1 is 1.31 bits per heavy atom. The summed E-state index contributed by atoms with van der Waals surface area (Å²) >= 11 is 2.93. The third-order valence-electron chi connectivity index (χ3n) is 4.80. The number of carbonyl (C=O) groups is 1. The lowest BCUT2D eigenvalue weighted by atomic mass is 9.96. The highest BCUT2D eigenvalue weighted by molar-refractivity contribution is 8.14. The number of amides is 1. The number of nitrogens with zero attached hydrogens (tertiary/aromatic N) is 1. The molecule has 1 heterocycles. The lowest BCUT2D eigenvalue weighted by Gasteiger charge is -2.19. The number of carbonyl (C=O) groups excluding carboxylic acids is 1. The fourth-order valence-corrected chi connectivity index (χ4v) is 4.67. The van der Waals surface area contributed by atoms with Crippen LogP contribution in [0.2, 0.25) is 0 Å². The molecule has 2 atom stereocenters. The maximum atomic E-state index is 11.7. The van der Waals surface area contributed by atoms with Gasteiger partial charge in [-0.3, -0.25) is 4.79 Å². The largest absolute Gasteiger partial charge is 0.496 e. The minimum absolute atomic E-state index is 0.0445. The monoisotopic (exact) mass is 427 g/mol. The van der Waals surface area contributed by atoms with E-state index in [-0.39, 0.29) is 16.4 Å². The number of hydrogen-bond acceptors (Lipinski definition) is 5. The Morgan fingerprint density at radius 3 is 2.76 bits per heavy atom. The molecule has 2 unspecified atom stereocenters. The lowest BCUT2D eigenvalue weighted by molar-refractivity contribution is 0.262. The molecule has 2 aromatic carbocycles. The molecule has 0 aliphatic heterocycles. The van der Waals surface area contributed by atoms with Crippen molar-refractivity contribution in [2.75, 3.05) is 20.4 Å². The van der Waals surface area contributed by atoms with Gasteiger partial charge < -0.3 is 15.0 Å². The number of fused-ring (bicyclic) bond motifs is 1. The number of H-pyrrole nitrogens is 1. The molecule has 0 bridgehead atoms. The van der Waals surface area contributed by atoms with Gasteiger partial charge >= 0.3 is 0 Å². The number of aromatic amines is 1. The fraction of sp³-hybridized carbons (Fsp3) is 0.273. The number of allylic oxidation sites excluding steroid dienone is 1. The van der Waals surface area contributed by atoms with Crippen molar-refractivity contribution in [1.82, 2.24) is 15.3 Å². The third-order valence-corrected chi connectivity index (χ3v) is 6.66. The topological polar surface area (TPSA) is 67.0 Å². The van der Waals surface area contributed by atoms with Crippen molar-refractivity contribution in [3.05, 3.63) is 54.6 Å². The number of thioether (sulfide) groups is 2. The van der Waals surface area contributed by atoms with Crippen LogP contribution >= 0.6 is 23.5 Å². The Hall–Kier alpha value is -2.38. The number of nitrogens with one attached hydrogen (secondary N) is 2. The van der Waals surface area contributed by atoms with Crippen molar-refractivity contribution in [3.8, 4) is 17.1 Å². The van der Waals surface area contributed by atoms with Gasteiger partial charge in [-0.15, -0.1) is 18.3 Å². The summed E-state index contributed by atoms with van der Waals surface area (Å²) in [6, 6.07) is 12.2. The molecule has 29 heavy (non-hydrogen) atoms. The Bertz CT molecular complexity index is 1030. The number of imidazole rings is 1. The van der Waals surface area contributed by atoms with Gasteiger partial charge in [-0.1, -0.05) is 30.8 Å². The molecule has 152 valence electrons. The van der Waals surface area contributed by atoms with E-state index in [4.69, 9.17) is 9.72 Å². The molecule has 1 aromatic heterocycles. The van der Waals surface area contributed by atoms with Crippen LogP contribution < -0.4 is 10.1 Å². The number of benzene rings is 2. The van der Waals surface area contributed by atoms with Crippen molar-refractivity contribution < 1.29 is 9.53 Å². The van der Waals surface area contributed by atoms with E-state index in [1.807, 2.05) is 43.5 Å². The van der Waals surface area contributed by atoms with E-state index in [1.54, 1.807) is 25.9 Å². The zero-order valence-electron chi connectivity index (χ0n) is 17.0. The van der Waals surface area contributed by atoms with Gasteiger partial charge in [0.1, 0.15) is 11.6 Å². The normalized spacial score (nSPS) is 13.1. The predicted octanol–water partition coefficient (Wildman–Crippen LogP) is 5.69. The Balaban J connectivity index is 1.94. The van der Waals surface area contributed by atoms with Crippen LogP contribution in [-0.4, -0.2) is 40.9 Å². The van der Waals surface area contributed by atoms with Crippen LogP contribution in [0.15, 0.2) is 53.9 Å². The van der Waals surface area contributed by atoms with E-state index in [9.17, 15) is 4.79 Å². The Kier molecular flexibility index (Phi) is 6.92. The lowest BCUT2D eigenvalue weighted by Crippen LogP contribution is -2.18. The number of ether oxygens (including phenoxy) is 1. The maximum absolute atomic E-state index is 11.7. The average Bonchev–Trinajstić information content (AvgIpc) is 3.17. The first-order valence-electron chi connectivity index (χ1n) is 9.23. The molecule has 0 aliphatic carbocycles. The first-order chi connectivity index (χ1) is 14.0. The van der Waals surface area contributed by atoms with Crippen molar-refractivity contribution in [1.29, 1.82) is 0 Å². The van der Waals surface area contributed by atoms with E-state index in [2.05, 4.69) is 29.0 Å². The molecule has 0 spiro atoms. The second-order valence-electron chi connectivity index (χ2n) is 6.55. The maximum Gasteiger partial charge on any atom is 0.279 e. The predicted molar refractivity (Wildman–Crippen MR) is 124 cm³/mol. The van der Waals surface area contributed by atoms with Crippen LogP contribution in [0.1, 0.15) is 18.4 Å². The average molecular weight is 428 g/mol. The van der Waals surface area contributed by atoms with Gasteiger partial charge in [0, 0.05) is 28.7 Å². The summed E-state index contributed by atoms with van der Waals surface area (Å²) in [5, 5.41) is 2.68. The van der Waals surface area contributed by atoms with E-state index in [0.717, 1.165) is 38.6 Å².